The summed E-state index contributed by atoms with van der Waals surface area (Å²) in [6.07, 6.45) is 3.33. The molecule has 3 aromatic rings. The molecule has 0 radical (unpaired) electrons. The van der Waals surface area contributed by atoms with Crippen LogP contribution in [0.1, 0.15) is 22.6 Å². The first-order chi connectivity index (χ1) is 12.3. The SMILES string of the molecule is N#COc1cccc(C(c2ccccc2)c2ccccc2)c1OC#N. The van der Waals surface area contributed by atoms with E-state index in [1.54, 1.807) is 24.6 Å². The second-order valence-corrected chi connectivity index (χ2v) is 5.32. The molecular weight excluding hydrogens is 312 g/mol. The van der Waals surface area contributed by atoms with Gasteiger partial charge in [0.2, 0.25) is 0 Å². The first kappa shape index (κ1) is 16.1. The molecule has 0 heterocycles. The number of para-hydroxylation sites is 1. The molecule has 0 spiro atoms. The summed E-state index contributed by atoms with van der Waals surface area (Å²) >= 11 is 0. The summed E-state index contributed by atoms with van der Waals surface area (Å²) in [6, 6.07) is 25.1. The van der Waals surface area contributed by atoms with E-state index in [1.807, 2.05) is 66.7 Å². The van der Waals surface area contributed by atoms with Crippen molar-refractivity contribution < 1.29 is 9.47 Å². The van der Waals surface area contributed by atoms with Crippen LogP contribution in [0.2, 0.25) is 0 Å². The Balaban J connectivity index is 2.23. The third-order valence-electron chi connectivity index (χ3n) is 3.89. The van der Waals surface area contributed by atoms with Gasteiger partial charge in [-0.05, 0) is 17.2 Å². The minimum atomic E-state index is -0.159. The Morgan fingerprint density at radius 3 is 1.72 bits per heavy atom. The summed E-state index contributed by atoms with van der Waals surface area (Å²) in [5.74, 6) is 0.315. The molecule has 0 aliphatic rings. The molecule has 0 atom stereocenters. The predicted molar refractivity (Wildman–Crippen MR) is 92.8 cm³/mol. The molecule has 0 saturated carbocycles. The predicted octanol–water partition coefficient (Wildman–Crippen LogP) is 4.59. The summed E-state index contributed by atoms with van der Waals surface area (Å²) in [5.41, 5.74) is 2.85. The number of nitrogens with zero attached hydrogens (tertiary/aromatic N) is 2. The molecule has 25 heavy (non-hydrogen) atoms. The molecule has 0 aromatic heterocycles. The van der Waals surface area contributed by atoms with Crippen molar-refractivity contribution >= 4 is 0 Å². The van der Waals surface area contributed by atoms with E-state index in [2.05, 4.69) is 0 Å². The zero-order valence-corrected chi connectivity index (χ0v) is 13.3. The Bertz CT molecular complexity index is 886. The van der Waals surface area contributed by atoms with E-state index in [1.165, 1.54) is 0 Å². The summed E-state index contributed by atoms with van der Waals surface area (Å²) in [6.45, 7) is 0. The molecule has 3 rings (SSSR count). The van der Waals surface area contributed by atoms with Gasteiger partial charge in [0.1, 0.15) is 0 Å². The molecular formula is C21H14N2O2. The Hall–Kier alpha value is -3.76. The van der Waals surface area contributed by atoms with Gasteiger partial charge in [-0.3, -0.25) is 0 Å². The van der Waals surface area contributed by atoms with Crippen LogP contribution in [0.4, 0.5) is 0 Å². The van der Waals surface area contributed by atoms with Crippen LogP contribution in [-0.4, -0.2) is 0 Å². The molecule has 0 unspecified atom stereocenters. The summed E-state index contributed by atoms with van der Waals surface area (Å²) in [7, 11) is 0. The third-order valence-corrected chi connectivity index (χ3v) is 3.89. The standard InChI is InChI=1S/C21H14N2O2/c22-14-24-19-13-7-12-18(21(19)25-15-23)20(16-8-3-1-4-9-16)17-10-5-2-6-11-17/h1-13,20H. The van der Waals surface area contributed by atoms with Gasteiger partial charge in [0, 0.05) is 11.5 Å². The van der Waals surface area contributed by atoms with Gasteiger partial charge in [-0.25, -0.2) is 0 Å². The normalized spacial score (nSPS) is 9.88. The molecule has 0 aliphatic heterocycles. The fraction of sp³-hybridized carbons (Fsp3) is 0.0476. The van der Waals surface area contributed by atoms with Crippen molar-refractivity contribution in [3.63, 3.8) is 0 Å². The lowest BCUT2D eigenvalue weighted by molar-refractivity contribution is 0.436. The van der Waals surface area contributed by atoms with Crippen LogP contribution >= 0.6 is 0 Å². The smallest absolute Gasteiger partial charge is 0.292 e. The summed E-state index contributed by atoms with van der Waals surface area (Å²) in [4.78, 5) is 0. The van der Waals surface area contributed by atoms with Crippen molar-refractivity contribution in [2.75, 3.05) is 0 Å². The molecule has 0 aliphatic carbocycles. The number of nitriles is 2. The van der Waals surface area contributed by atoms with E-state index < -0.39 is 0 Å². The molecule has 4 nitrogen and oxygen atoms in total. The quantitative estimate of drug-likeness (QED) is 0.508. The van der Waals surface area contributed by atoms with E-state index in [0.717, 1.165) is 16.7 Å². The maximum atomic E-state index is 9.05. The highest BCUT2D eigenvalue weighted by molar-refractivity contribution is 5.55. The van der Waals surface area contributed by atoms with E-state index in [-0.39, 0.29) is 17.4 Å². The molecule has 120 valence electrons. The van der Waals surface area contributed by atoms with Crippen LogP contribution in [0.25, 0.3) is 0 Å². The largest absolute Gasteiger partial charge is 0.384 e. The topological polar surface area (TPSA) is 66.0 Å². The van der Waals surface area contributed by atoms with Gasteiger partial charge in [0.05, 0.1) is 0 Å². The van der Waals surface area contributed by atoms with Crippen LogP contribution in [0.15, 0.2) is 78.9 Å². The number of hydrogen-bond acceptors (Lipinski definition) is 4. The highest BCUT2D eigenvalue weighted by atomic mass is 16.5. The average molecular weight is 326 g/mol. The van der Waals surface area contributed by atoms with Crippen LogP contribution in [0.5, 0.6) is 11.5 Å². The minimum Gasteiger partial charge on any atom is -0.384 e. The van der Waals surface area contributed by atoms with Gasteiger partial charge < -0.3 is 9.47 Å². The van der Waals surface area contributed by atoms with Gasteiger partial charge in [-0.2, -0.15) is 0 Å². The van der Waals surface area contributed by atoms with Crippen LogP contribution < -0.4 is 9.47 Å². The maximum Gasteiger partial charge on any atom is 0.292 e. The maximum absolute atomic E-state index is 9.05. The van der Waals surface area contributed by atoms with E-state index in [9.17, 15) is 0 Å². The molecule has 0 amide bonds. The van der Waals surface area contributed by atoms with Crippen LogP contribution in [-0.2, 0) is 0 Å². The number of ether oxygens (including phenoxy) is 2. The van der Waals surface area contributed by atoms with Gasteiger partial charge in [-0.1, -0.05) is 72.8 Å². The van der Waals surface area contributed by atoms with Gasteiger partial charge in [-0.15, -0.1) is 10.5 Å². The monoisotopic (exact) mass is 326 g/mol. The van der Waals surface area contributed by atoms with Crippen molar-refractivity contribution in [3.8, 4) is 24.0 Å². The number of benzene rings is 3. The first-order valence-corrected chi connectivity index (χ1v) is 7.70. The summed E-state index contributed by atoms with van der Waals surface area (Å²) in [5, 5.41) is 17.9. The van der Waals surface area contributed by atoms with Crippen molar-refractivity contribution in [1.82, 2.24) is 0 Å². The molecule has 0 N–H and O–H groups in total. The Kier molecular flexibility index (Phi) is 4.95. The lowest BCUT2D eigenvalue weighted by Gasteiger charge is -2.21. The molecule has 0 fully saturated rings. The second kappa shape index (κ2) is 7.68. The Labute approximate surface area is 146 Å². The van der Waals surface area contributed by atoms with Gasteiger partial charge in [0.15, 0.2) is 11.5 Å². The van der Waals surface area contributed by atoms with Gasteiger partial charge in [0.25, 0.3) is 12.5 Å². The van der Waals surface area contributed by atoms with Crippen molar-refractivity contribution in [1.29, 1.82) is 10.5 Å². The Morgan fingerprint density at radius 2 is 1.20 bits per heavy atom. The Morgan fingerprint density at radius 1 is 0.640 bits per heavy atom. The van der Waals surface area contributed by atoms with Crippen molar-refractivity contribution in [3.05, 3.63) is 95.6 Å². The van der Waals surface area contributed by atoms with Crippen LogP contribution in [0, 0.1) is 23.0 Å². The molecule has 0 bridgehead atoms. The average Bonchev–Trinajstić information content (AvgIpc) is 2.66. The fourth-order valence-electron chi connectivity index (χ4n) is 2.89. The number of rotatable bonds is 5. The highest BCUT2D eigenvalue weighted by Crippen LogP contribution is 2.41. The molecule has 3 aromatic carbocycles. The van der Waals surface area contributed by atoms with Crippen molar-refractivity contribution in [2.45, 2.75) is 5.92 Å². The molecule has 0 saturated heterocycles. The minimum absolute atomic E-state index is 0.159. The van der Waals surface area contributed by atoms with E-state index in [4.69, 9.17) is 20.0 Å². The zero-order chi connectivity index (χ0) is 17.5. The van der Waals surface area contributed by atoms with E-state index in [0.29, 0.717) is 0 Å². The van der Waals surface area contributed by atoms with Crippen molar-refractivity contribution in [2.24, 2.45) is 0 Å². The van der Waals surface area contributed by atoms with E-state index >= 15 is 0 Å². The zero-order valence-electron chi connectivity index (χ0n) is 13.3. The number of hydrogen-bond donors (Lipinski definition) is 0. The second-order valence-electron chi connectivity index (χ2n) is 5.32. The first-order valence-electron chi connectivity index (χ1n) is 7.70. The summed E-state index contributed by atoms with van der Waals surface area (Å²) < 4.78 is 10.2. The molecule has 4 heteroatoms. The third kappa shape index (κ3) is 3.44. The lowest BCUT2D eigenvalue weighted by atomic mass is 9.84. The van der Waals surface area contributed by atoms with Crippen LogP contribution in [0.3, 0.4) is 0 Å². The van der Waals surface area contributed by atoms with Gasteiger partial charge >= 0.3 is 0 Å². The highest BCUT2D eigenvalue weighted by Gasteiger charge is 2.23. The fourth-order valence-corrected chi connectivity index (χ4v) is 2.89. The lowest BCUT2D eigenvalue weighted by Crippen LogP contribution is -2.06.